The number of hydrogen-bond donors (Lipinski definition) is 4. The number of ketones is 2. The molecule has 4 amide bonds. The van der Waals surface area contributed by atoms with Gasteiger partial charge in [0, 0.05) is 23.0 Å². The van der Waals surface area contributed by atoms with Crippen molar-refractivity contribution in [3.63, 3.8) is 0 Å². The summed E-state index contributed by atoms with van der Waals surface area (Å²) in [5.74, 6) is -2.40. The van der Waals surface area contributed by atoms with E-state index >= 15 is 0 Å². The predicted octanol–water partition coefficient (Wildman–Crippen LogP) is 6.19. The van der Waals surface area contributed by atoms with Crippen molar-refractivity contribution in [2.75, 3.05) is 45.4 Å². The summed E-state index contributed by atoms with van der Waals surface area (Å²) in [5.41, 5.74) is 1.54. The maximum absolute atomic E-state index is 14.9. The number of aliphatic hydroxyl groups is 2. The van der Waals surface area contributed by atoms with E-state index in [-0.39, 0.29) is 64.6 Å². The summed E-state index contributed by atoms with van der Waals surface area (Å²) in [6.45, 7) is 2.27. The first kappa shape index (κ1) is 43.0. The molecule has 58 heavy (non-hydrogen) atoms. The minimum atomic E-state index is -3.96. The van der Waals surface area contributed by atoms with Gasteiger partial charge in [-0.1, -0.05) is 71.6 Å². The van der Waals surface area contributed by atoms with Crippen LogP contribution in [0.25, 0.3) is 0 Å². The van der Waals surface area contributed by atoms with Gasteiger partial charge in [0.05, 0.1) is 48.5 Å². The smallest absolute Gasteiger partial charge is 0.347 e. The Morgan fingerprint density at radius 3 is 1.36 bits per heavy atom. The van der Waals surface area contributed by atoms with Gasteiger partial charge in [-0.25, -0.2) is 36.4 Å². The number of nitrogens with one attached hydrogen (secondary N) is 2. The van der Waals surface area contributed by atoms with Crippen molar-refractivity contribution >= 4 is 87.6 Å². The highest BCUT2D eigenvalue weighted by Crippen LogP contribution is 2.38. The van der Waals surface area contributed by atoms with Gasteiger partial charge in [-0.2, -0.15) is 10.0 Å². The van der Waals surface area contributed by atoms with E-state index < -0.39 is 56.5 Å². The Hall–Kier alpha value is -4.60. The third-order valence-electron chi connectivity index (χ3n) is 10.1. The number of anilines is 4. The number of hydrazine groups is 1. The number of Topliss-reactive ketones (excluding diaryl/α,β-unsaturated/α-hetero) is 2. The van der Waals surface area contributed by atoms with Crippen molar-refractivity contribution in [3.8, 4) is 0 Å². The van der Waals surface area contributed by atoms with Crippen molar-refractivity contribution in [1.82, 2.24) is 9.97 Å². The first-order chi connectivity index (χ1) is 27.6. The lowest BCUT2D eigenvalue weighted by Crippen LogP contribution is -2.55. The van der Waals surface area contributed by atoms with Gasteiger partial charge in [-0.15, -0.1) is 0 Å². The van der Waals surface area contributed by atoms with Crippen LogP contribution < -0.4 is 20.7 Å². The number of aliphatic hydroxyl groups excluding tert-OH is 2. The van der Waals surface area contributed by atoms with Crippen LogP contribution in [0, 0.1) is 25.7 Å². The van der Waals surface area contributed by atoms with E-state index in [0.29, 0.717) is 59.5 Å². The van der Waals surface area contributed by atoms with Crippen molar-refractivity contribution in [2.24, 2.45) is 11.8 Å². The second-order valence-electron chi connectivity index (χ2n) is 14.3. The molecular formula is C38H44N6O10S4. The van der Waals surface area contributed by atoms with E-state index in [4.69, 9.17) is 0 Å². The molecule has 4 aromatic rings. The van der Waals surface area contributed by atoms with Gasteiger partial charge in [0.2, 0.25) is 0 Å². The summed E-state index contributed by atoms with van der Waals surface area (Å²) in [5, 5.41) is 25.2. The number of hydrogen-bond acceptors (Lipinski definition) is 14. The lowest BCUT2D eigenvalue weighted by atomic mass is 9.93. The molecule has 2 heterocycles. The van der Waals surface area contributed by atoms with E-state index in [1.165, 1.54) is 12.1 Å². The first-order valence-corrected chi connectivity index (χ1v) is 23.7. The highest BCUT2D eigenvalue weighted by Gasteiger charge is 2.38. The second-order valence-corrected chi connectivity index (χ2v) is 21.0. The van der Waals surface area contributed by atoms with Crippen molar-refractivity contribution in [3.05, 3.63) is 71.0 Å². The number of thiazole rings is 2. The Balaban J connectivity index is 1.55. The number of carbonyl (C=O) groups is 4. The number of carbonyl (C=O) groups excluding carboxylic acids is 4. The fourth-order valence-corrected chi connectivity index (χ4v) is 11.5. The zero-order valence-electron chi connectivity index (χ0n) is 31.8. The molecule has 2 fully saturated rings. The minimum Gasteiger partial charge on any atom is -0.395 e. The van der Waals surface area contributed by atoms with Crippen LogP contribution in [0.15, 0.2) is 57.2 Å². The molecule has 20 heteroatoms. The zero-order valence-corrected chi connectivity index (χ0v) is 35.1. The molecule has 0 radical (unpaired) electrons. The molecule has 2 aliphatic carbocycles. The van der Waals surface area contributed by atoms with Crippen molar-refractivity contribution < 1.29 is 46.2 Å². The summed E-state index contributed by atoms with van der Waals surface area (Å²) in [6, 6.07) is 7.42. The van der Waals surface area contributed by atoms with Crippen LogP contribution >= 0.6 is 22.7 Å². The molecule has 16 nitrogen and oxygen atoms in total. The van der Waals surface area contributed by atoms with Gasteiger partial charge in [-0.3, -0.25) is 20.2 Å². The molecule has 0 unspecified atom stereocenters. The van der Waals surface area contributed by atoms with Gasteiger partial charge in [-0.05, 0) is 63.8 Å². The van der Waals surface area contributed by atoms with Crippen molar-refractivity contribution in [2.45, 2.75) is 73.6 Å². The number of amides is 4. The number of rotatable bonds is 14. The third kappa shape index (κ3) is 9.47. The molecule has 0 saturated heterocycles. The normalized spacial score (nSPS) is 15.0. The Kier molecular flexibility index (Phi) is 13.4. The zero-order chi connectivity index (χ0) is 41.8. The van der Waals surface area contributed by atoms with Gasteiger partial charge in [0.15, 0.2) is 41.5 Å². The molecule has 4 N–H and O–H groups in total. The fraction of sp³-hybridized carbons (Fsp3) is 0.421. The molecule has 0 bridgehead atoms. The van der Waals surface area contributed by atoms with Crippen molar-refractivity contribution in [1.29, 1.82) is 0 Å². The standard InChI is InChI=1S/C38H44N6O10S4/c1-23-11-13-29(27(19-23)33(47)25-7-3-4-8-25)43(37(49)41-35-39-21-31(55-35)57(51,52)17-15-45)44(38(50)42-36-40-22-32(56-36)58(53,54)18-16-46)30-14-12-24(2)20-28(30)34(48)26-9-5-6-10-26/h11-14,19-22,25-26,45-46H,3-10,15-18H2,1-2H3,(H,39,41,49)(H,40,42,50). The molecule has 0 spiro atoms. The summed E-state index contributed by atoms with van der Waals surface area (Å²) in [6.07, 6.45) is 7.89. The highest BCUT2D eigenvalue weighted by atomic mass is 32.2. The molecular weight excluding hydrogens is 829 g/mol. The number of benzene rings is 2. The molecule has 6 rings (SSSR count). The van der Waals surface area contributed by atoms with Crippen LogP contribution in [-0.4, -0.2) is 85.4 Å². The summed E-state index contributed by atoms with van der Waals surface area (Å²) < 4.78 is 50.6. The molecule has 0 aliphatic heterocycles. The van der Waals surface area contributed by atoms with Gasteiger partial charge in [0.1, 0.15) is 8.42 Å². The van der Waals surface area contributed by atoms with Crippen LogP contribution in [0.4, 0.5) is 31.2 Å². The number of aryl methyl sites for hydroxylation is 2. The maximum Gasteiger partial charge on any atom is 0.347 e. The maximum atomic E-state index is 14.9. The SMILES string of the molecule is Cc1ccc(N(C(=O)Nc2ncc(S(=O)(=O)CCO)s2)N(C(=O)Nc2ncc(S(=O)(=O)CCO)s2)c2ccc(C)cc2C(=O)C2CCCC2)c(C(=O)C2CCCC2)c1. The lowest BCUT2D eigenvalue weighted by molar-refractivity contribution is 0.0915. The van der Waals surface area contributed by atoms with E-state index in [9.17, 15) is 46.2 Å². The molecule has 2 aromatic heterocycles. The molecule has 2 aromatic carbocycles. The van der Waals surface area contributed by atoms with Crippen LogP contribution in [-0.2, 0) is 19.7 Å². The number of nitrogens with zero attached hydrogens (tertiary/aromatic N) is 4. The quantitative estimate of drug-likeness (QED) is 0.0821. The average molecular weight is 873 g/mol. The second kappa shape index (κ2) is 18.1. The Morgan fingerprint density at radius 1 is 0.655 bits per heavy atom. The molecule has 2 saturated carbocycles. The number of aromatic nitrogens is 2. The third-order valence-corrected chi connectivity index (χ3v) is 16.4. The Bertz CT molecular complexity index is 2250. The highest BCUT2D eigenvalue weighted by molar-refractivity contribution is 7.93. The lowest BCUT2D eigenvalue weighted by Gasteiger charge is -2.36. The largest absolute Gasteiger partial charge is 0.395 e. The summed E-state index contributed by atoms with van der Waals surface area (Å²) in [4.78, 5) is 66.7. The van der Waals surface area contributed by atoms with E-state index in [1.54, 1.807) is 38.1 Å². The van der Waals surface area contributed by atoms with Crippen LogP contribution in [0.3, 0.4) is 0 Å². The van der Waals surface area contributed by atoms with Gasteiger partial charge in [0.25, 0.3) is 0 Å². The molecule has 0 atom stereocenters. The Labute approximate surface area is 344 Å². The summed E-state index contributed by atoms with van der Waals surface area (Å²) >= 11 is 1.23. The average Bonchev–Trinajstić information content (AvgIpc) is 4.02. The Morgan fingerprint density at radius 2 is 1.02 bits per heavy atom. The van der Waals surface area contributed by atoms with Gasteiger partial charge >= 0.3 is 12.1 Å². The number of sulfone groups is 2. The monoisotopic (exact) mass is 872 g/mol. The molecule has 310 valence electrons. The first-order valence-electron chi connectivity index (χ1n) is 18.7. The number of urea groups is 2. The topological polar surface area (TPSA) is 233 Å². The fourth-order valence-electron chi connectivity index (χ4n) is 7.15. The predicted molar refractivity (Wildman–Crippen MR) is 220 cm³/mol. The van der Waals surface area contributed by atoms with Crippen LogP contribution in [0.2, 0.25) is 0 Å². The van der Waals surface area contributed by atoms with Gasteiger partial charge < -0.3 is 10.2 Å². The van der Waals surface area contributed by atoms with E-state index in [0.717, 1.165) is 48.1 Å². The minimum absolute atomic E-state index is 0.0370. The van der Waals surface area contributed by atoms with Crippen LogP contribution in [0.5, 0.6) is 0 Å². The van der Waals surface area contributed by atoms with E-state index in [1.807, 2.05) is 0 Å². The molecule has 2 aliphatic rings. The van der Waals surface area contributed by atoms with E-state index in [2.05, 4.69) is 20.6 Å². The van der Waals surface area contributed by atoms with Crippen LogP contribution in [0.1, 0.15) is 83.2 Å². The summed E-state index contributed by atoms with van der Waals surface area (Å²) in [7, 11) is -7.91.